The second kappa shape index (κ2) is 3.32. The third kappa shape index (κ3) is 1.94. The van der Waals surface area contributed by atoms with Crippen LogP contribution in [0.3, 0.4) is 0 Å². The molecule has 1 aliphatic rings. The number of rotatable bonds is 3. The first-order chi connectivity index (χ1) is 4.77. The Morgan fingerprint density at radius 2 is 2.50 bits per heavy atom. The van der Waals surface area contributed by atoms with Crippen LogP contribution in [0.15, 0.2) is 0 Å². The lowest BCUT2D eigenvalue weighted by Gasteiger charge is -2.22. The van der Waals surface area contributed by atoms with Crippen LogP contribution in [0, 0.1) is 0 Å². The Morgan fingerprint density at radius 1 is 1.70 bits per heavy atom. The molecule has 0 aromatic carbocycles. The van der Waals surface area contributed by atoms with Crippen molar-refractivity contribution >= 4 is 0 Å². The molecule has 1 atom stereocenters. The van der Waals surface area contributed by atoms with Gasteiger partial charge in [0, 0.05) is 20.1 Å². The molecule has 1 N–H and O–H groups in total. The van der Waals surface area contributed by atoms with Gasteiger partial charge in [-0.15, -0.1) is 0 Å². The van der Waals surface area contributed by atoms with Gasteiger partial charge in [0.1, 0.15) is 5.72 Å². The Bertz CT molecular complexity index is 99.8. The first kappa shape index (κ1) is 7.98. The van der Waals surface area contributed by atoms with E-state index in [0.29, 0.717) is 0 Å². The summed E-state index contributed by atoms with van der Waals surface area (Å²) in [6.07, 6.45) is 0.920. The number of hydrogen-bond acceptors (Lipinski definition) is 3. The van der Waals surface area contributed by atoms with E-state index in [2.05, 4.69) is 12.2 Å². The molecule has 0 radical (unpaired) electrons. The van der Waals surface area contributed by atoms with Crippen molar-refractivity contribution in [2.75, 3.05) is 26.9 Å². The Labute approximate surface area is 61.7 Å². The molecule has 1 heterocycles. The SMILES string of the molecule is COCCC1(C)NCCO1. The molecule has 1 aliphatic heterocycles. The lowest BCUT2D eigenvalue weighted by atomic mass is 10.2. The van der Waals surface area contributed by atoms with Crippen LogP contribution in [-0.4, -0.2) is 32.6 Å². The third-order valence-electron chi connectivity index (χ3n) is 1.80. The zero-order valence-corrected chi connectivity index (χ0v) is 6.64. The predicted octanol–water partition coefficient (Wildman–Crippen LogP) is 0.359. The maximum absolute atomic E-state index is 5.45. The summed E-state index contributed by atoms with van der Waals surface area (Å²) in [5.41, 5.74) is -0.129. The Balaban J connectivity index is 2.22. The topological polar surface area (TPSA) is 30.5 Å². The zero-order chi connectivity index (χ0) is 7.45. The number of hydrogen-bond donors (Lipinski definition) is 1. The molecule has 0 aromatic heterocycles. The van der Waals surface area contributed by atoms with Crippen LogP contribution in [0.5, 0.6) is 0 Å². The molecule has 1 rings (SSSR count). The van der Waals surface area contributed by atoms with Gasteiger partial charge in [0.15, 0.2) is 0 Å². The van der Waals surface area contributed by atoms with Gasteiger partial charge in [0.2, 0.25) is 0 Å². The first-order valence-corrected chi connectivity index (χ1v) is 3.65. The summed E-state index contributed by atoms with van der Waals surface area (Å²) in [5, 5.41) is 3.27. The average Bonchev–Trinajstić information content (AvgIpc) is 2.33. The summed E-state index contributed by atoms with van der Waals surface area (Å²) in [6, 6.07) is 0. The molecule has 1 unspecified atom stereocenters. The van der Waals surface area contributed by atoms with Crippen molar-refractivity contribution < 1.29 is 9.47 Å². The van der Waals surface area contributed by atoms with Crippen LogP contribution in [0.4, 0.5) is 0 Å². The minimum absolute atomic E-state index is 0.129. The molecule has 0 saturated carbocycles. The smallest absolute Gasteiger partial charge is 0.118 e. The van der Waals surface area contributed by atoms with Gasteiger partial charge in [0.05, 0.1) is 13.2 Å². The van der Waals surface area contributed by atoms with Crippen molar-refractivity contribution in [1.82, 2.24) is 5.32 Å². The standard InChI is InChI=1S/C7H15NO2/c1-7(3-5-9-2)8-4-6-10-7/h8H,3-6H2,1-2H3. The predicted molar refractivity (Wildman–Crippen MR) is 38.9 cm³/mol. The molecule has 0 aromatic rings. The van der Waals surface area contributed by atoms with E-state index in [4.69, 9.17) is 9.47 Å². The van der Waals surface area contributed by atoms with Crippen LogP contribution in [0.1, 0.15) is 13.3 Å². The Kier molecular flexibility index (Phi) is 2.65. The Morgan fingerprint density at radius 3 is 3.00 bits per heavy atom. The van der Waals surface area contributed by atoms with E-state index in [1.165, 1.54) is 0 Å². The molecular formula is C7H15NO2. The van der Waals surface area contributed by atoms with Crippen LogP contribution < -0.4 is 5.32 Å². The van der Waals surface area contributed by atoms with Crippen LogP contribution in [0.2, 0.25) is 0 Å². The highest BCUT2D eigenvalue weighted by Gasteiger charge is 2.27. The number of nitrogens with one attached hydrogen (secondary N) is 1. The summed E-state index contributed by atoms with van der Waals surface area (Å²) in [6.45, 7) is 4.59. The van der Waals surface area contributed by atoms with E-state index in [1.54, 1.807) is 7.11 Å². The molecule has 0 spiro atoms. The van der Waals surface area contributed by atoms with Gasteiger partial charge in [-0.2, -0.15) is 0 Å². The van der Waals surface area contributed by atoms with E-state index < -0.39 is 0 Å². The van der Waals surface area contributed by atoms with Gasteiger partial charge in [0.25, 0.3) is 0 Å². The second-order valence-corrected chi connectivity index (χ2v) is 2.75. The maximum Gasteiger partial charge on any atom is 0.118 e. The molecule has 0 amide bonds. The van der Waals surface area contributed by atoms with Gasteiger partial charge in [-0.05, 0) is 6.92 Å². The monoisotopic (exact) mass is 145 g/mol. The lowest BCUT2D eigenvalue weighted by Crippen LogP contribution is -2.38. The number of ether oxygens (including phenoxy) is 2. The summed E-state index contributed by atoms with van der Waals surface area (Å²) in [7, 11) is 1.71. The van der Waals surface area contributed by atoms with Crippen molar-refractivity contribution in [3.05, 3.63) is 0 Å². The van der Waals surface area contributed by atoms with Gasteiger partial charge < -0.3 is 9.47 Å². The van der Waals surface area contributed by atoms with E-state index in [0.717, 1.165) is 26.2 Å². The van der Waals surface area contributed by atoms with E-state index in [9.17, 15) is 0 Å². The summed E-state index contributed by atoms with van der Waals surface area (Å²) >= 11 is 0. The van der Waals surface area contributed by atoms with Crippen molar-refractivity contribution in [3.63, 3.8) is 0 Å². The first-order valence-electron chi connectivity index (χ1n) is 3.65. The van der Waals surface area contributed by atoms with Crippen LogP contribution in [0.25, 0.3) is 0 Å². The third-order valence-corrected chi connectivity index (χ3v) is 1.80. The van der Waals surface area contributed by atoms with Crippen molar-refractivity contribution in [3.8, 4) is 0 Å². The summed E-state index contributed by atoms with van der Waals surface area (Å²) < 4.78 is 10.4. The molecular weight excluding hydrogens is 130 g/mol. The van der Waals surface area contributed by atoms with E-state index >= 15 is 0 Å². The normalized spacial score (nSPS) is 33.0. The fourth-order valence-electron chi connectivity index (χ4n) is 1.10. The van der Waals surface area contributed by atoms with Crippen molar-refractivity contribution in [2.24, 2.45) is 0 Å². The minimum Gasteiger partial charge on any atom is -0.385 e. The molecule has 3 heteroatoms. The summed E-state index contributed by atoms with van der Waals surface area (Å²) in [5.74, 6) is 0. The van der Waals surface area contributed by atoms with E-state index in [1.807, 2.05) is 0 Å². The molecule has 10 heavy (non-hydrogen) atoms. The number of methoxy groups -OCH3 is 1. The highest BCUT2D eigenvalue weighted by molar-refractivity contribution is 4.76. The fourth-order valence-corrected chi connectivity index (χ4v) is 1.10. The highest BCUT2D eigenvalue weighted by atomic mass is 16.5. The van der Waals surface area contributed by atoms with Crippen molar-refractivity contribution in [1.29, 1.82) is 0 Å². The fraction of sp³-hybridized carbons (Fsp3) is 1.00. The molecule has 60 valence electrons. The summed E-state index contributed by atoms with van der Waals surface area (Å²) in [4.78, 5) is 0. The van der Waals surface area contributed by atoms with Gasteiger partial charge >= 0.3 is 0 Å². The quantitative estimate of drug-likeness (QED) is 0.622. The van der Waals surface area contributed by atoms with E-state index in [-0.39, 0.29) is 5.72 Å². The molecule has 0 aliphatic carbocycles. The molecule has 1 fully saturated rings. The van der Waals surface area contributed by atoms with Gasteiger partial charge in [-0.3, -0.25) is 5.32 Å². The zero-order valence-electron chi connectivity index (χ0n) is 6.64. The highest BCUT2D eigenvalue weighted by Crippen LogP contribution is 2.15. The maximum atomic E-state index is 5.45. The molecule has 0 bridgehead atoms. The Hall–Kier alpha value is -0.120. The van der Waals surface area contributed by atoms with Gasteiger partial charge in [-0.1, -0.05) is 0 Å². The van der Waals surface area contributed by atoms with Crippen molar-refractivity contribution in [2.45, 2.75) is 19.1 Å². The van der Waals surface area contributed by atoms with Gasteiger partial charge in [-0.25, -0.2) is 0 Å². The molecule has 3 nitrogen and oxygen atoms in total. The molecule has 1 saturated heterocycles. The van der Waals surface area contributed by atoms with Crippen LogP contribution in [-0.2, 0) is 9.47 Å². The largest absolute Gasteiger partial charge is 0.385 e. The van der Waals surface area contributed by atoms with Crippen LogP contribution >= 0.6 is 0 Å². The average molecular weight is 145 g/mol. The minimum atomic E-state index is -0.129. The second-order valence-electron chi connectivity index (χ2n) is 2.75. The lowest BCUT2D eigenvalue weighted by molar-refractivity contribution is -0.0172.